The van der Waals surface area contributed by atoms with E-state index < -0.39 is 0 Å². The fraction of sp³-hybridized carbons (Fsp3) is 0.267. The number of benzene rings is 1. The van der Waals surface area contributed by atoms with Gasteiger partial charge >= 0.3 is 0 Å². The molecule has 0 radical (unpaired) electrons. The van der Waals surface area contributed by atoms with Crippen LogP contribution in [-0.4, -0.2) is 23.6 Å². The Balaban J connectivity index is 2.21. The molecule has 5 heteroatoms. The first kappa shape index (κ1) is 13.8. The van der Waals surface area contributed by atoms with Crippen molar-refractivity contribution in [1.29, 1.82) is 5.26 Å². The zero-order chi connectivity index (χ0) is 14.5. The van der Waals surface area contributed by atoms with Crippen LogP contribution >= 0.6 is 0 Å². The molecule has 0 unspecified atom stereocenters. The van der Waals surface area contributed by atoms with E-state index in [2.05, 4.69) is 47.3 Å². The van der Waals surface area contributed by atoms with Crippen LogP contribution in [0.3, 0.4) is 0 Å². The van der Waals surface area contributed by atoms with Crippen LogP contribution in [0.1, 0.15) is 11.1 Å². The predicted octanol–water partition coefficient (Wildman–Crippen LogP) is 2.80. The maximum absolute atomic E-state index is 8.71. The number of nitriles is 1. The van der Waals surface area contributed by atoms with E-state index in [0.717, 1.165) is 11.3 Å². The minimum absolute atomic E-state index is 0.292. The number of aromatic nitrogens is 2. The Labute approximate surface area is 118 Å². The Kier molecular flexibility index (Phi) is 4.16. The molecule has 0 saturated carbocycles. The van der Waals surface area contributed by atoms with Crippen molar-refractivity contribution in [3.8, 4) is 6.07 Å². The van der Waals surface area contributed by atoms with E-state index in [1.54, 1.807) is 4.90 Å². The van der Waals surface area contributed by atoms with E-state index in [1.807, 2.05) is 19.2 Å². The summed E-state index contributed by atoms with van der Waals surface area (Å²) < 4.78 is 0. The second kappa shape index (κ2) is 6.02. The third-order valence-electron chi connectivity index (χ3n) is 3.00. The second-order valence-electron chi connectivity index (χ2n) is 4.72. The van der Waals surface area contributed by atoms with Gasteiger partial charge in [-0.05, 0) is 25.5 Å². The van der Waals surface area contributed by atoms with Crippen LogP contribution in [0.5, 0.6) is 0 Å². The normalized spacial score (nSPS) is 9.90. The van der Waals surface area contributed by atoms with Gasteiger partial charge in [0.15, 0.2) is 0 Å². The maximum Gasteiger partial charge on any atom is 0.135 e. The van der Waals surface area contributed by atoms with Gasteiger partial charge in [-0.2, -0.15) is 5.26 Å². The number of nitrogens with one attached hydrogen (secondary N) is 1. The summed E-state index contributed by atoms with van der Waals surface area (Å²) >= 11 is 0. The Morgan fingerprint density at radius 2 is 2.05 bits per heavy atom. The first-order valence-electron chi connectivity index (χ1n) is 6.34. The van der Waals surface area contributed by atoms with Gasteiger partial charge in [0, 0.05) is 18.8 Å². The Hall–Kier alpha value is -2.61. The Morgan fingerprint density at radius 3 is 2.75 bits per heavy atom. The molecule has 2 rings (SSSR count). The van der Waals surface area contributed by atoms with Gasteiger partial charge in [0.2, 0.25) is 0 Å². The third-order valence-corrected chi connectivity index (χ3v) is 3.00. The van der Waals surface area contributed by atoms with E-state index in [9.17, 15) is 0 Å². The lowest BCUT2D eigenvalue weighted by molar-refractivity contribution is 0.981. The summed E-state index contributed by atoms with van der Waals surface area (Å²) in [5, 5.41) is 12.0. The summed E-state index contributed by atoms with van der Waals surface area (Å²) in [7, 11) is 1.83. The van der Waals surface area contributed by atoms with Gasteiger partial charge in [0.05, 0.1) is 6.07 Å². The van der Waals surface area contributed by atoms with Crippen molar-refractivity contribution in [3.63, 3.8) is 0 Å². The zero-order valence-electron chi connectivity index (χ0n) is 11.9. The Morgan fingerprint density at radius 1 is 1.25 bits per heavy atom. The number of rotatable bonds is 4. The molecule has 102 valence electrons. The predicted molar refractivity (Wildman–Crippen MR) is 80.1 cm³/mol. The number of hydrogen-bond acceptors (Lipinski definition) is 5. The lowest BCUT2D eigenvalue weighted by Crippen LogP contribution is -2.18. The summed E-state index contributed by atoms with van der Waals surface area (Å²) in [5.41, 5.74) is 3.41. The molecule has 1 aromatic heterocycles. The molecule has 1 aromatic carbocycles. The second-order valence-corrected chi connectivity index (χ2v) is 4.72. The molecule has 0 aliphatic rings. The molecule has 0 bridgehead atoms. The van der Waals surface area contributed by atoms with E-state index in [0.29, 0.717) is 18.2 Å². The van der Waals surface area contributed by atoms with Gasteiger partial charge in [-0.15, -0.1) is 0 Å². The molecule has 5 nitrogen and oxygen atoms in total. The molecule has 0 fully saturated rings. The lowest BCUT2D eigenvalue weighted by Gasteiger charge is -2.15. The molecule has 1 N–H and O–H groups in total. The van der Waals surface area contributed by atoms with E-state index in [4.69, 9.17) is 5.26 Å². The maximum atomic E-state index is 8.71. The van der Waals surface area contributed by atoms with Crippen molar-refractivity contribution in [2.75, 3.05) is 23.8 Å². The average Bonchev–Trinajstić information content (AvgIpc) is 2.43. The van der Waals surface area contributed by atoms with Crippen LogP contribution in [0.4, 0.5) is 17.3 Å². The van der Waals surface area contributed by atoms with Gasteiger partial charge in [-0.3, -0.25) is 0 Å². The monoisotopic (exact) mass is 267 g/mol. The third kappa shape index (κ3) is 3.23. The minimum Gasteiger partial charge on any atom is -0.346 e. The van der Waals surface area contributed by atoms with Crippen molar-refractivity contribution in [2.45, 2.75) is 13.8 Å². The first-order valence-corrected chi connectivity index (χ1v) is 6.34. The highest BCUT2D eigenvalue weighted by atomic mass is 15.2. The Bertz CT molecular complexity index is 645. The van der Waals surface area contributed by atoms with Gasteiger partial charge < -0.3 is 10.2 Å². The van der Waals surface area contributed by atoms with Gasteiger partial charge in [0.1, 0.15) is 24.5 Å². The number of nitrogens with zero attached hydrogens (tertiary/aromatic N) is 4. The first-order chi connectivity index (χ1) is 9.60. The van der Waals surface area contributed by atoms with Crippen molar-refractivity contribution < 1.29 is 0 Å². The minimum atomic E-state index is 0.292. The van der Waals surface area contributed by atoms with Gasteiger partial charge in [-0.25, -0.2) is 9.97 Å². The van der Waals surface area contributed by atoms with Gasteiger partial charge in [-0.1, -0.05) is 17.7 Å². The SMILES string of the molecule is Cc1ccc(Nc2cc(N(C)CC#N)ncn2)c(C)c1. The smallest absolute Gasteiger partial charge is 0.135 e. The standard InChI is InChI=1S/C15H17N5/c1-11-4-5-13(12(2)8-11)19-14-9-15(18-10-17-14)20(3)7-6-16/h4-5,8-10H,7H2,1-3H3,(H,17,18,19). The highest BCUT2D eigenvalue weighted by Crippen LogP contribution is 2.21. The molecule has 2 aromatic rings. The molecule has 0 aliphatic heterocycles. The fourth-order valence-electron chi connectivity index (χ4n) is 1.90. The highest BCUT2D eigenvalue weighted by Gasteiger charge is 2.05. The zero-order valence-corrected chi connectivity index (χ0v) is 11.9. The number of hydrogen-bond donors (Lipinski definition) is 1. The van der Waals surface area contributed by atoms with Crippen molar-refractivity contribution in [1.82, 2.24) is 9.97 Å². The molecular formula is C15H17N5. The van der Waals surface area contributed by atoms with Crippen LogP contribution in [0, 0.1) is 25.2 Å². The van der Waals surface area contributed by atoms with Crippen molar-refractivity contribution in [3.05, 3.63) is 41.7 Å². The van der Waals surface area contributed by atoms with Crippen LogP contribution < -0.4 is 10.2 Å². The molecule has 20 heavy (non-hydrogen) atoms. The van der Waals surface area contributed by atoms with Gasteiger partial charge in [0.25, 0.3) is 0 Å². The van der Waals surface area contributed by atoms with Crippen LogP contribution in [0.15, 0.2) is 30.6 Å². The highest BCUT2D eigenvalue weighted by molar-refractivity contribution is 5.62. The summed E-state index contributed by atoms with van der Waals surface area (Å²) in [6, 6.07) is 10.1. The van der Waals surface area contributed by atoms with E-state index >= 15 is 0 Å². The molecule has 0 spiro atoms. The summed E-state index contributed by atoms with van der Waals surface area (Å²) in [6.45, 7) is 4.41. The number of aryl methyl sites for hydroxylation is 2. The van der Waals surface area contributed by atoms with Crippen LogP contribution in [0.2, 0.25) is 0 Å². The topological polar surface area (TPSA) is 64.8 Å². The average molecular weight is 267 g/mol. The quantitative estimate of drug-likeness (QED) is 0.863. The number of anilines is 3. The summed E-state index contributed by atoms with van der Waals surface area (Å²) in [5.74, 6) is 1.43. The molecule has 0 atom stereocenters. The molecule has 1 heterocycles. The van der Waals surface area contributed by atoms with Crippen LogP contribution in [0.25, 0.3) is 0 Å². The summed E-state index contributed by atoms with van der Waals surface area (Å²) in [6.07, 6.45) is 1.50. The van der Waals surface area contributed by atoms with Crippen LogP contribution in [-0.2, 0) is 0 Å². The van der Waals surface area contributed by atoms with E-state index in [1.165, 1.54) is 11.9 Å². The summed E-state index contributed by atoms with van der Waals surface area (Å²) in [4.78, 5) is 10.1. The van der Waals surface area contributed by atoms with Crippen molar-refractivity contribution >= 4 is 17.3 Å². The van der Waals surface area contributed by atoms with E-state index in [-0.39, 0.29) is 0 Å². The lowest BCUT2D eigenvalue weighted by atomic mass is 10.1. The molecule has 0 aliphatic carbocycles. The fourth-order valence-corrected chi connectivity index (χ4v) is 1.90. The van der Waals surface area contributed by atoms with Crippen molar-refractivity contribution in [2.24, 2.45) is 0 Å². The largest absolute Gasteiger partial charge is 0.346 e. The molecule has 0 amide bonds. The molecular weight excluding hydrogens is 250 g/mol. The molecule has 0 saturated heterocycles.